The van der Waals surface area contributed by atoms with Crippen molar-refractivity contribution in [3.05, 3.63) is 29.6 Å². The summed E-state index contributed by atoms with van der Waals surface area (Å²) in [5.74, 6) is 0. The van der Waals surface area contributed by atoms with Gasteiger partial charge in [0.25, 0.3) is 0 Å². The molecule has 4 nitrogen and oxygen atoms in total. The zero-order valence-electron chi connectivity index (χ0n) is 8.81. The van der Waals surface area contributed by atoms with Crippen LogP contribution in [0.2, 0.25) is 0 Å². The molecule has 0 aliphatic carbocycles. The first-order valence-electron chi connectivity index (χ1n) is 4.63. The van der Waals surface area contributed by atoms with E-state index < -0.39 is 0 Å². The highest BCUT2D eigenvalue weighted by Crippen LogP contribution is 2.08. The lowest BCUT2D eigenvalue weighted by atomic mass is 10.2. The molecule has 1 heterocycles. The lowest BCUT2D eigenvalue weighted by Crippen LogP contribution is -2.27. The summed E-state index contributed by atoms with van der Waals surface area (Å²) >= 11 is 0. The normalized spacial score (nSPS) is 11.8. The van der Waals surface area contributed by atoms with Crippen molar-refractivity contribution in [1.82, 2.24) is 9.88 Å². The fourth-order valence-electron chi connectivity index (χ4n) is 1.17. The molecule has 0 spiro atoms. The molecule has 0 saturated carbocycles. The molecule has 1 rings (SSSR count). The van der Waals surface area contributed by atoms with Gasteiger partial charge in [-0.25, -0.2) is 4.98 Å². The van der Waals surface area contributed by atoms with Gasteiger partial charge < -0.3 is 0 Å². The maximum atomic E-state index is 8.83. The molecule has 4 heteroatoms. The van der Waals surface area contributed by atoms with Gasteiger partial charge in [-0.15, -0.1) is 0 Å². The van der Waals surface area contributed by atoms with Crippen LogP contribution in [0.15, 0.2) is 18.3 Å². The highest BCUT2D eigenvalue weighted by molar-refractivity contribution is 5.30. The summed E-state index contributed by atoms with van der Waals surface area (Å²) in [4.78, 5) is 5.84. The number of hydrogen-bond donors (Lipinski definition) is 0. The average Bonchev–Trinajstić information content (AvgIpc) is 2.28. The van der Waals surface area contributed by atoms with E-state index in [0.29, 0.717) is 12.2 Å². The van der Waals surface area contributed by atoms with Crippen molar-refractivity contribution in [2.75, 3.05) is 7.05 Å². The fraction of sp³-hybridized carbons (Fsp3) is 0.364. The summed E-state index contributed by atoms with van der Waals surface area (Å²) in [6.07, 6.45) is 1.59. The number of rotatable bonds is 3. The molecule has 0 aliphatic heterocycles. The van der Waals surface area contributed by atoms with E-state index >= 15 is 0 Å². The maximum absolute atomic E-state index is 8.83. The van der Waals surface area contributed by atoms with Crippen LogP contribution in [-0.4, -0.2) is 23.0 Å². The molecular weight excluding hydrogens is 188 g/mol. The fourth-order valence-corrected chi connectivity index (χ4v) is 1.17. The zero-order chi connectivity index (χ0) is 11.3. The minimum Gasteiger partial charge on any atom is -0.287 e. The lowest BCUT2D eigenvalue weighted by molar-refractivity contribution is 0.294. The van der Waals surface area contributed by atoms with Crippen molar-refractivity contribution in [2.45, 2.75) is 19.5 Å². The van der Waals surface area contributed by atoms with Gasteiger partial charge in [0, 0.05) is 18.3 Å². The summed E-state index contributed by atoms with van der Waals surface area (Å²) in [6.45, 7) is 2.38. The summed E-state index contributed by atoms with van der Waals surface area (Å²) in [5, 5.41) is 17.6. The number of nitriles is 2. The van der Waals surface area contributed by atoms with E-state index in [0.717, 1.165) is 5.56 Å². The SMILES string of the molecule is CC(C#N)N(C)Cc1cccnc1C#N. The van der Waals surface area contributed by atoms with Crippen molar-refractivity contribution < 1.29 is 0 Å². The molecule has 0 N–H and O–H groups in total. The molecule has 0 saturated heterocycles. The van der Waals surface area contributed by atoms with Gasteiger partial charge in [-0.05, 0) is 20.0 Å². The highest BCUT2D eigenvalue weighted by Gasteiger charge is 2.10. The quantitative estimate of drug-likeness (QED) is 0.737. The van der Waals surface area contributed by atoms with Crippen LogP contribution in [0.1, 0.15) is 18.2 Å². The second kappa shape index (κ2) is 5.09. The predicted molar refractivity (Wildman–Crippen MR) is 55.5 cm³/mol. The number of pyridine rings is 1. The van der Waals surface area contributed by atoms with Gasteiger partial charge in [0.1, 0.15) is 11.8 Å². The van der Waals surface area contributed by atoms with Crippen LogP contribution in [0.5, 0.6) is 0 Å². The standard InChI is InChI=1S/C11H12N4/c1-9(6-12)15(2)8-10-4-3-5-14-11(10)7-13/h3-5,9H,8H2,1-2H3. The van der Waals surface area contributed by atoms with Crippen molar-refractivity contribution in [1.29, 1.82) is 10.5 Å². The van der Waals surface area contributed by atoms with Crippen LogP contribution < -0.4 is 0 Å². The molecule has 1 unspecified atom stereocenters. The summed E-state index contributed by atoms with van der Waals surface area (Å²) in [5.41, 5.74) is 1.28. The first-order chi connectivity index (χ1) is 7.19. The van der Waals surface area contributed by atoms with Crippen molar-refractivity contribution in [2.24, 2.45) is 0 Å². The van der Waals surface area contributed by atoms with Crippen molar-refractivity contribution in [3.63, 3.8) is 0 Å². The molecule has 0 aliphatic rings. The molecule has 0 amide bonds. The molecule has 0 aromatic carbocycles. The Morgan fingerprint density at radius 3 is 2.87 bits per heavy atom. The predicted octanol–water partition coefficient (Wildman–Crippen LogP) is 1.30. The maximum Gasteiger partial charge on any atom is 0.144 e. The Morgan fingerprint density at radius 2 is 2.27 bits per heavy atom. The molecular formula is C11H12N4. The van der Waals surface area contributed by atoms with Gasteiger partial charge >= 0.3 is 0 Å². The Morgan fingerprint density at radius 1 is 1.53 bits per heavy atom. The van der Waals surface area contributed by atoms with Crippen LogP contribution in [0.3, 0.4) is 0 Å². The van der Waals surface area contributed by atoms with Gasteiger partial charge in [-0.2, -0.15) is 10.5 Å². The molecule has 15 heavy (non-hydrogen) atoms. The molecule has 76 valence electrons. The van der Waals surface area contributed by atoms with Gasteiger partial charge in [0.2, 0.25) is 0 Å². The molecule has 1 atom stereocenters. The number of nitrogens with zero attached hydrogens (tertiary/aromatic N) is 4. The van der Waals surface area contributed by atoms with Crippen LogP contribution in [-0.2, 0) is 6.54 Å². The Balaban J connectivity index is 2.82. The number of hydrogen-bond acceptors (Lipinski definition) is 4. The minimum absolute atomic E-state index is 0.170. The van der Waals surface area contributed by atoms with Crippen LogP contribution in [0, 0.1) is 22.7 Å². The van der Waals surface area contributed by atoms with E-state index in [-0.39, 0.29) is 6.04 Å². The Labute approximate surface area is 89.4 Å². The Kier molecular flexibility index (Phi) is 3.79. The Bertz CT molecular complexity index is 413. The summed E-state index contributed by atoms with van der Waals surface area (Å²) in [7, 11) is 1.85. The first kappa shape index (κ1) is 11.2. The van der Waals surface area contributed by atoms with E-state index in [9.17, 15) is 0 Å². The van der Waals surface area contributed by atoms with Crippen molar-refractivity contribution in [3.8, 4) is 12.1 Å². The van der Waals surface area contributed by atoms with E-state index in [1.54, 1.807) is 12.3 Å². The monoisotopic (exact) mass is 200 g/mol. The molecule has 0 bridgehead atoms. The van der Waals surface area contributed by atoms with E-state index in [1.165, 1.54) is 0 Å². The highest BCUT2D eigenvalue weighted by atomic mass is 15.1. The van der Waals surface area contributed by atoms with Gasteiger partial charge in [0.15, 0.2) is 0 Å². The molecule has 1 aromatic rings. The van der Waals surface area contributed by atoms with Gasteiger partial charge in [-0.1, -0.05) is 6.07 Å². The number of aromatic nitrogens is 1. The molecule has 0 radical (unpaired) electrons. The summed E-state index contributed by atoms with van der Waals surface area (Å²) < 4.78 is 0. The van der Waals surface area contributed by atoms with E-state index in [1.807, 2.05) is 31.0 Å². The van der Waals surface area contributed by atoms with E-state index in [4.69, 9.17) is 10.5 Å². The minimum atomic E-state index is -0.170. The van der Waals surface area contributed by atoms with Crippen molar-refractivity contribution >= 4 is 0 Å². The third-order valence-electron chi connectivity index (χ3n) is 2.26. The smallest absolute Gasteiger partial charge is 0.144 e. The third kappa shape index (κ3) is 2.77. The second-order valence-electron chi connectivity index (χ2n) is 3.34. The molecule has 1 aromatic heterocycles. The zero-order valence-corrected chi connectivity index (χ0v) is 8.81. The van der Waals surface area contributed by atoms with Gasteiger partial charge in [0.05, 0.1) is 12.1 Å². The largest absolute Gasteiger partial charge is 0.287 e. The first-order valence-corrected chi connectivity index (χ1v) is 4.63. The third-order valence-corrected chi connectivity index (χ3v) is 2.26. The Hall–Kier alpha value is -1.91. The molecule has 0 fully saturated rings. The van der Waals surface area contributed by atoms with Crippen LogP contribution >= 0.6 is 0 Å². The summed E-state index contributed by atoms with van der Waals surface area (Å²) in [6, 6.07) is 7.66. The van der Waals surface area contributed by atoms with Gasteiger partial charge in [-0.3, -0.25) is 4.90 Å². The second-order valence-corrected chi connectivity index (χ2v) is 3.34. The lowest BCUT2D eigenvalue weighted by Gasteiger charge is -2.18. The van der Waals surface area contributed by atoms with Crippen LogP contribution in [0.4, 0.5) is 0 Å². The topological polar surface area (TPSA) is 63.7 Å². The van der Waals surface area contributed by atoms with E-state index in [2.05, 4.69) is 11.1 Å². The van der Waals surface area contributed by atoms with Crippen LogP contribution in [0.25, 0.3) is 0 Å². The average molecular weight is 200 g/mol.